The van der Waals surface area contributed by atoms with E-state index in [0.717, 1.165) is 6.42 Å². The van der Waals surface area contributed by atoms with Crippen LogP contribution in [0.4, 0.5) is 11.4 Å². The van der Waals surface area contributed by atoms with E-state index in [-0.39, 0.29) is 18.4 Å². The second kappa shape index (κ2) is 6.29. The number of nitrogens with zero attached hydrogens (tertiary/aromatic N) is 1. The van der Waals surface area contributed by atoms with Crippen LogP contribution in [-0.2, 0) is 4.79 Å². The van der Waals surface area contributed by atoms with Crippen LogP contribution in [0.3, 0.4) is 0 Å². The highest BCUT2D eigenvalue weighted by molar-refractivity contribution is 6.33. The van der Waals surface area contributed by atoms with Crippen molar-refractivity contribution in [2.45, 2.75) is 6.42 Å². The van der Waals surface area contributed by atoms with Crippen molar-refractivity contribution in [2.24, 2.45) is 0 Å². The van der Waals surface area contributed by atoms with Crippen LogP contribution < -0.4 is 19.7 Å². The summed E-state index contributed by atoms with van der Waals surface area (Å²) >= 11 is 6.28. The Morgan fingerprint density at radius 3 is 2.84 bits per heavy atom. The first-order valence-corrected chi connectivity index (χ1v) is 8.31. The van der Waals surface area contributed by atoms with Gasteiger partial charge in [-0.1, -0.05) is 23.7 Å². The van der Waals surface area contributed by atoms with Gasteiger partial charge in [0.05, 0.1) is 29.6 Å². The standard InChI is InChI=1S/C18H15ClN2O4/c19-12-8-11(9-15-17(12)25-7-3-6-24-15)18(23)21-10-16(22)20-13-4-1-2-5-14(13)21/h1-2,4-5,8-9H,3,6-7,10H2,(H,20,22). The van der Waals surface area contributed by atoms with Gasteiger partial charge in [-0.25, -0.2) is 0 Å². The van der Waals surface area contributed by atoms with E-state index >= 15 is 0 Å². The molecule has 0 radical (unpaired) electrons. The highest BCUT2D eigenvalue weighted by Gasteiger charge is 2.29. The molecule has 6 nitrogen and oxygen atoms in total. The molecule has 25 heavy (non-hydrogen) atoms. The number of nitrogens with one attached hydrogen (secondary N) is 1. The van der Waals surface area contributed by atoms with Gasteiger partial charge in [-0.3, -0.25) is 14.5 Å². The van der Waals surface area contributed by atoms with Gasteiger partial charge >= 0.3 is 0 Å². The predicted octanol–water partition coefficient (Wildman–Crippen LogP) is 3.10. The van der Waals surface area contributed by atoms with E-state index < -0.39 is 0 Å². The van der Waals surface area contributed by atoms with Gasteiger partial charge in [0.25, 0.3) is 5.91 Å². The number of hydrogen-bond acceptors (Lipinski definition) is 4. The van der Waals surface area contributed by atoms with Crippen molar-refractivity contribution in [2.75, 3.05) is 30.0 Å². The molecular weight excluding hydrogens is 344 g/mol. The quantitative estimate of drug-likeness (QED) is 0.850. The molecule has 0 bridgehead atoms. The number of halogens is 1. The number of anilines is 2. The van der Waals surface area contributed by atoms with Crippen molar-refractivity contribution in [3.63, 3.8) is 0 Å². The number of benzene rings is 2. The van der Waals surface area contributed by atoms with Crippen LogP contribution in [0.25, 0.3) is 0 Å². The lowest BCUT2D eigenvalue weighted by molar-refractivity contribution is -0.115. The zero-order chi connectivity index (χ0) is 17.4. The summed E-state index contributed by atoms with van der Waals surface area (Å²) in [5.41, 5.74) is 1.60. The zero-order valence-electron chi connectivity index (χ0n) is 13.3. The number of fused-ring (bicyclic) bond motifs is 2. The molecule has 1 N–H and O–H groups in total. The Hall–Kier alpha value is -2.73. The number of rotatable bonds is 1. The summed E-state index contributed by atoms with van der Waals surface area (Å²) in [4.78, 5) is 26.4. The average molecular weight is 359 g/mol. The summed E-state index contributed by atoms with van der Waals surface area (Å²) in [5, 5.41) is 3.08. The smallest absolute Gasteiger partial charge is 0.259 e. The molecule has 2 aliphatic rings. The minimum atomic E-state index is -0.320. The van der Waals surface area contributed by atoms with Crippen molar-refractivity contribution >= 4 is 34.8 Å². The molecule has 0 aromatic heterocycles. The molecule has 2 aliphatic heterocycles. The average Bonchev–Trinajstić information content (AvgIpc) is 2.86. The third-order valence-corrected chi connectivity index (χ3v) is 4.35. The lowest BCUT2D eigenvalue weighted by Gasteiger charge is -2.29. The summed E-state index contributed by atoms with van der Waals surface area (Å²) in [6, 6.07) is 10.3. The Labute approximate surface area is 149 Å². The highest BCUT2D eigenvalue weighted by Crippen LogP contribution is 2.39. The Balaban J connectivity index is 1.73. The van der Waals surface area contributed by atoms with Gasteiger partial charge in [0.15, 0.2) is 11.5 Å². The lowest BCUT2D eigenvalue weighted by atomic mass is 10.1. The van der Waals surface area contributed by atoms with Crippen LogP contribution in [-0.4, -0.2) is 31.6 Å². The Morgan fingerprint density at radius 2 is 1.96 bits per heavy atom. The summed E-state index contributed by atoms with van der Waals surface area (Å²) in [7, 11) is 0. The predicted molar refractivity (Wildman–Crippen MR) is 93.8 cm³/mol. The topological polar surface area (TPSA) is 67.9 Å². The van der Waals surface area contributed by atoms with Crippen molar-refractivity contribution in [1.29, 1.82) is 0 Å². The Morgan fingerprint density at radius 1 is 1.16 bits per heavy atom. The van der Waals surface area contributed by atoms with Gasteiger partial charge in [0, 0.05) is 12.0 Å². The van der Waals surface area contributed by atoms with E-state index in [1.807, 2.05) is 6.07 Å². The minimum absolute atomic E-state index is 0.0537. The van der Waals surface area contributed by atoms with Crippen molar-refractivity contribution < 1.29 is 19.1 Å². The van der Waals surface area contributed by atoms with E-state index in [9.17, 15) is 9.59 Å². The number of amides is 2. The maximum Gasteiger partial charge on any atom is 0.259 e. The molecule has 0 aliphatic carbocycles. The van der Waals surface area contributed by atoms with Crippen molar-refractivity contribution in [1.82, 2.24) is 0 Å². The monoisotopic (exact) mass is 358 g/mol. The Kier molecular flexibility index (Phi) is 3.97. The van der Waals surface area contributed by atoms with Crippen molar-refractivity contribution in [3.8, 4) is 11.5 Å². The molecule has 2 heterocycles. The van der Waals surface area contributed by atoms with E-state index in [2.05, 4.69) is 5.32 Å². The molecule has 0 saturated carbocycles. The molecular formula is C18H15ClN2O4. The maximum atomic E-state index is 13.0. The number of para-hydroxylation sites is 2. The van der Waals surface area contributed by atoms with Crippen LogP contribution >= 0.6 is 11.6 Å². The molecule has 0 spiro atoms. The summed E-state index contributed by atoms with van der Waals surface area (Å²) < 4.78 is 11.2. The van der Waals surface area contributed by atoms with E-state index in [0.29, 0.717) is 46.7 Å². The summed E-state index contributed by atoms with van der Waals surface area (Å²) in [6.45, 7) is 0.956. The van der Waals surface area contributed by atoms with Gasteiger partial charge in [0.1, 0.15) is 6.54 Å². The molecule has 0 atom stereocenters. The second-order valence-corrected chi connectivity index (χ2v) is 6.20. The first kappa shape index (κ1) is 15.8. The number of carbonyl (C=O) groups excluding carboxylic acids is 2. The fraction of sp³-hybridized carbons (Fsp3) is 0.222. The summed E-state index contributed by atoms with van der Waals surface area (Å²) in [6.07, 6.45) is 0.744. The largest absolute Gasteiger partial charge is 0.489 e. The van der Waals surface area contributed by atoms with E-state index in [1.165, 1.54) is 4.90 Å². The zero-order valence-corrected chi connectivity index (χ0v) is 14.0. The van der Waals surface area contributed by atoms with Crippen LogP contribution in [0.15, 0.2) is 36.4 Å². The van der Waals surface area contributed by atoms with Gasteiger partial charge in [-0.05, 0) is 24.3 Å². The molecule has 0 saturated heterocycles. The molecule has 128 valence electrons. The van der Waals surface area contributed by atoms with Gasteiger partial charge in [-0.15, -0.1) is 0 Å². The van der Waals surface area contributed by atoms with Crippen molar-refractivity contribution in [3.05, 3.63) is 47.0 Å². The molecule has 0 fully saturated rings. The minimum Gasteiger partial charge on any atom is -0.489 e. The molecule has 2 aromatic rings. The highest BCUT2D eigenvalue weighted by atomic mass is 35.5. The first-order valence-electron chi connectivity index (χ1n) is 7.93. The van der Waals surface area contributed by atoms with Gasteiger partial charge < -0.3 is 14.8 Å². The second-order valence-electron chi connectivity index (χ2n) is 5.79. The van der Waals surface area contributed by atoms with Crippen LogP contribution in [0.2, 0.25) is 5.02 Å². The van der Waals surface area contributed by atoms with Gasteiger partial charge in [0.2, 0.25) is 5.91 Å². The lowest BCUT2D eigenvalue weighted by Crippen LogP contribution is -2.42. The number of carbonyl (C=O) groups is 2. The summed E-state index contributed by atoms with van der Waals surface area (Å²) in [5.74, 6) is 0.336. The molecule has 4 rings (SSSR count). The fourth-order valence-electron chi connectivity index (χ4n) is 2.92. The van der Waals surface area contributed by atoms with Crippen LogP contribution in [0.1, 0.15) is 16.8 Å². The molecule has 2 aromatic carbocycles. The normalized spacial score (nSPS) is 15.9. The molecule has 0 unspecified atom stereocenters. The number of ether oxygens (including phenoxy) is 2. The van der Waals surface area contributed by atoms with Crippen LogP contribution in [0, 0.1) is 0 Å². The van der Waals surface area contributed by atoms with E-state index in [1.54, 1.807) is 30.3 Å². The first-order chi connectivity index (χ1) is 12.1. The number of hydrogen-bond donors (Lipinski definition) is 1. The van der Waals surface area contributed by atoms with E-state index in [4.69, 9.17) is 21.1 Å². The molecule has 7 heteroatoms. The fourth-order valence-corrected chi connectivity index (χ4v) is 3.19. The SMILES string of the molecule is O=C1CN(C(=O)c2cc(Cl)c3c(c2)OCCCO3)c2ccccc2N1. The third kappa shape index (κ3) is 2.89. The maximum absolute atomic E-state index is 13.0. The molecule has 2 amide bonds. The van der Waals surface area contributed by atoms with Crippen LogP contribution in [0.5, 0.6) is 11.5 Å². The van der Waals surface area contributed by atoms with Gasteiger partial charge in [-0.2, -0.15) is 0 Å². The Bertz CT molecular complexity index is 868. The third-order valence-electron chi connectivity index (χ3n) is 4.06.